The predicted molar refractivity (Wildman–Crippen MR) is 60.2 cm³/mol. The number of ether oxygens (including phenoxy) is 1. The summed E-state index contributed by atoms with van der Waals surface area (Å²) in [6.45, 7) is 4.69. The van der Waals surface area contributed by atoms with Crippen molar-refractivity contribution in [1.29, 1.82) is 0 Å². The second-order valence-corrected chi connectivity index (χ2v) is 4.77. The second kappa shape index (κ2) is 5.77. The zero-order chi connectivity index (χ0) is 13.2. The molecule has 1 heterocycles. The van der Waals surface area contributed by atoms with Crippen LogP contribution in [-0.2, 0) is 9.53 Å². The molecule has 6 heteroatoms. The van der Waals surface area contributed by atoms with Crippen molar-refractivity contribution in [2.24, 2.45) is 5.92 Å². The Morgan fingerprint density at radius 2 is 1.94 bits per heavy atom. The van der Waals surface area contributed by atoms with Crippen LogP contribution < -0.4 is 5.32 Å². The average Bonchev–Trinajstić information content (AvgIpc) is 2.23. The van der Waals surface area contributed by atoms with Gasteiger partial charge in [0.15, 0.2) is 0 Å². The number of carbonyl (C=O) groups is 1. The van der Waals surface area contributed by atoms with Crippen molar-refractivity contribution >= 4 is 5.91 Å². The van der Waals surface area contributed by atoms with E-state index in [1.165, 1.54) is 6.92 Å². The van der Waals surface area contributed by atoms with Gasteiger partial charge in [0, 0.05) is 6.92 Å². The predicted octanol–water partition coefficient (Wildman–Crippen LogP) is -1.37. The standard InChI is InChI=1S/C11H21NO5/c1-5(2)11-10(16)8(12-6(3)14)9(15)7(4-13)17-11/h5,7-11,13,15-16H,4H2,1-3H3,(H,12,14)/t7?,8?,9-,10+,11+/m1/s1. The first-order chi connectivity index (χ1) is 7.88. The van der Waals surface area contributed by atoms with Gasteiger partial charge in [0.1, 0.15) is 18.3 Å². The quantitative estimate of drug-likeness (QED) is 0.493. The summed E-state index contributed by atoms with van der Waals surface area (Å²) < 4.78 is 5.43. The third kappa shape index (κ3) is 3.16. The molecule has 0 spiro atoms. The fourth-order valence-corrected chi connectivity index (χ4v) is 2.11. The minimum atomic E-state index is -1.12. The molecule has 0 aromatic heterocycles. The molecule has 4 N–H and O–H groups in total. The van der Waals surface area contributed by atoms with Gasteiger partial charge in [0.05, 0.1) is 18.8 Å². The molecule has 1 aliphatic heterocycles. The molecule has 1 aliphatic rings. The highest BCUT2D eigenvalue weighted by Gasteiger charge is 2.45. The van der Waals surface area contributed by atoms with E-state index in [0.717, 1.165) is 0 Å². The molecule has 0 aromatic carbocycles. The van der Waals surface area contributed by atoms with Crippen molar-refractivity contribution in [2.45, 2.75) is 51.2 Å². The molecular formula is C11H21NO5. The minimum absolute atomic E-state index is 0.0165. The number of aliphatic hydroxyl groups excluding tert-OH is 3. The van der Waals surface area contributed by atoms with E-state index in [9.17, 15) is 15.0 Å². The molecule has 0 aliphatic carbocycles. The Kier molecular flexibility index (Phi) is 4.88. The fourth-order valence-electron chi connectivity index (χ4n) is 2.11. The number of carbonyl (C=O) groups excluding carboxylic acids is 1. The molecule has 2 unspecified atom stereocenters. The number of aliphatic hydroxyl groups is 3. The number of amides is 1. The van der Waals surface area contributed by atoms with Gasteiger partial charge in [-0.1, -0.05) is 13.8 Å². The lowest BCUT2D eigenvalue weighted by Gasteiger charge is -2.44. The number of nitrogens with one attached hydrogen (secondary N) is 1. The van der Waals surface area contributed by atoms with Crippen LogP contribution in [0.25, 0.3) is 0 Å². The first-order valence-electron chi connectivity index (χ1n) is 5.78. The van der Waals surface area contributed by atoms with Crippen LogP contribution in [0.5, 0.6) is 0 Å². The van der Waals surface area contributed by atoms with Gasteiger partial charge in [-0.25, -0.2) is 0 Å². The van der Waals surface area contributed by atoms with E-state index >= 15 is 0 Å². The normalized spacial score (nSPS) is 38.2. The SMILES string of the molecule is CC(=O)NC1[C@H](O)C(CO)O[C@@H](C(C)C)[C@H]1O. The second-order valence-electron chi connectivity index (χ2n) is 4.77. The molecule has 0 radical (unpaired) electrons. The highest BCUT2D eigenvalue weighted by Crippen LogP contribution is 2.25. The third-order valence-electron chi connectivity index (χ3n) is 2.99. The fraction of sp³-hybridized carbons (Fsp3) is 0.909. The van der Waals surface area contributed by atoms with E-state index < -0.39 is 30.5 Å². The summed E-state index contributed by atoms with van der Waals surface area (Å²) in [7, 11) is 0. The molecule has 1 saturated heterocycles. The van der Waals surface area contributed by atoms with Crippen molar-refractivity contribution < 1.29 is 24.9 Å². The van der Waals surface area contributed by atoms with E-state index in [4.69, 9.17) is 9.84 Å². The van der Waals surface area contributed by atoms with E-state index in [-0.39, 0.29) is 18.4 Å². The van der Waals surface area contributed by atoms with Gasteiger partial charge in [-0.15, -0.1) is 0 Å². The Morgan fingerprint density at radius 3 is 2.35 bits per heavy atom. The van der Waals surface area contributed by atoms with Gasteiger partial charge in [-0.2, -0.15) is 0 Å². The zero-order valence-corrected chi connectivity index (χ0v) is 10.3. The molecule has 1 rings (SSSR count). The van der Waals surface area contributed by atoms with Crippen molar-refractivity contribution in [2.75, 3.05) is 6.61 Å². The van der Waals surface area contributed by atoms with Crippen LogP contribution >= 0.6 is 0 Å². The summed E-state index contributed by atoms with van der Waals surface area (Å²) in [6.07, 6.45) is -3.42. The van der Waals surface area contributed by atoms with Gasteiger partial charge in [-0.05, 0) is 5.92 Å². The Bertz CT molecular complexity index is 271. The number of rotatable bonds is 3. The maximum atomic E-state index is 11.0. The monoisotopic (exact) mass is 247 g/mol. The molecule has 0 saturated carbocycles. The third-order valence-corrected chi connectivity index (χ3v) is 2.99. The Hall–Kier alpha value is -0.690. The maximum Gasteiger partial charge on any atom is 0.217 e. The molecule has 5 atom stereocenters. The van der Waals surface area contributed by atoms with Gasteiger partial charge in [0.2, 0.25) is 5.91 Å². The van der Waals surface area contributed by atoms with Crippen LogP contribution in [0.15, 0.2) is 0 Å². The van der Waals surface area contributed by atoms with Crippen LogP contribution in [0.1, 0.15) is 20.8 Å². The Balaban J connectivity index is 2.86. The van der Waals surface area contributed by atoms with Gasteiger partial charge >= 0.3 is 0 Å². The molecule has 17 heavy (non-hydrogen) atoms. The lowest BCUT2D eigenvalue weighted by molar-refractivity contribution is -0.205. The minimum Gasteiger partial charge on any atom is -0.394 e. The molecule has 100 valence electrons. The van der Waals surface area contributed by atoms with Crippen molar-refractivity contribution in [3.8, 4) is 0 Å². The smallest absolute Gasteiger partial charge is 0.217 e. The van der Waals surface area contributed by atoms with Gasteiger partial charge in [-0.3, -0.25) is 4.79 Å². The van der Waals surface area contributed by atoms with Crippen LogP contribution in [0.2, 0.25) is 0 Å². The Labute approximate surface area is 101 Å². The molecule has 6 nitrogen and oxygen atoms in total. The zero-order valence-electron chi connectivity index (χ0n) is 10.3. The number of hydrogen-bond acceptors (Lipinski definition) is 5. The lowest BCUT2D eigenvalue weighted by atomic mass is 9.87. The average molecular weight is 247 g/mol. The molecule has 1 amide bonds. The van der Waals surface area contributed by atoms with Crippen molar-refractivity contribution in [3.63, 3.8) is 0 Å². The summed E-state index contributed by atoms with van der Waals surface area (Å²) in [5.41, 5.74) is 0. The molecule has 1 fully saturated rings. The highest BCUT2D eigenvalue weighted by molar-refractivity contribution is 5.73. The van der Waals surface area contributed by atoms with E-state index in [1.54, 1.807) is 0 Å². The van der Waals surface area contributed by atoms with E-state index in [2.05, 4.69) is 5.32 Å². The maximum absolute atomic E-state index is 11.0. The van der Waals surface area contributed by atoms with Crippen LogP contribution in [0.4, 0.5) is 0 Å². The van der Waals surface area contributed by atoms with Gasteiger partial charge < -0.3 is 25.4 Å². The first-order valence-corrected chi connectivity index (χ1v) is 5.78. The largest absolute Gasteiger partial charge is 0.394 e. The van der Waals surface area contributed by atoms with Crippen molar-refractivity contribution in [3.05, 3.63) is 0 Å². The topological polar surface area (TPSA) is 99.0 Å². The number of hydrogen-bond donors (Lipinski definition) is 4. The van der Waals surface area contributed by atoms with Crippen molar-refractivity contribution in [1.82, 2.24) is 5.32 Å². The van der Waals surface area contributed by atoms with Crippen LogP contribution in [-0.4, -0.2) is 58.3 Å². The summed E-state index contributed by atoms with van der Waals surface area (Å²) in [6, 6.07) is -0.814. The summed E-state index contributed by atoms with van der Waals surface area (Å²) in [5.74, 6) is -0.322. The molecule has 0 bridgehead atoms. The Morgan fingerprint density at radius 1 is 1.35 bits per heavy atom. The summed E-state index contributed by atoms with van der Waals surface area (Å²) in [5, 5.41) is 31.6. The van der Waals surface area contributed by atoms with E-state index in [1.807, 2.05) is 13.8 Å². The van der Waals surface area contributed by atoms with Gasteiger partial charge in [0.25, 0.3) is 0 Å². The van der Waals surface area contributed by atoms with Crippen LogP contribution in [0.3, 0.4) is 0 Å². The van der Waals surface area contributed by atoms with E-state index in [0.29, 0.717) is 0 Å². The highest BCUT2D eigenvalue weighted by atomic mass is 16.5. The lowest BCUT2D eigenvalue weighted by Crippen LogP contribution is -2.65. The summed E-state index contributed by atoms with van der Waals surface area (Å²) >= 11 is 0. The molecular weight excluding hydrogens is 226 g/mol. The van der Waals surface area contributed by atoms with Crippen LogP contribution in [0, 0.1) is 5.92 Å². The summed E-state index contributed by atoms with van der Waals surface area (Å²) in [4.78, 5) is 11.0. The first kappa shape index (κ1) is 14.4. The molecule has 0 aromatic rings.